The van der Waals surface area contributed by atoms with Crippen molar-refractivity contribution < 1.29 is 33.3 Å². The SMILES string of the molecule is CCOc1c(OC)cccc1C(=O)Nc1ccc(C(=O)OC)cc1C(=O)OC. The Bertz CT molecular complexity index is 892. The number of hydrogen-bond acceptors (Lipinski definition) is 7. The van der Waals surface area contributed by atoms with Crippen LogP contribution in [0.2, 0.25) is 0 Å². The van der Waals surface area contributed by atoms with Crippen molar-refractivity contribution in [2.24, 2.45) is 0 Å². The molecule has 0 bridgehead atoms. The van der Waals surface area contributed by atoms with Gasteiger partial charge in [0, 0.05) is 0 Å². The molecule has 2 aromatic rings. The van der Waals surface area contributed by atoms with Gasteiger partial charge in [-0.25, -0.2) is 9.59 Å². The van der Waals surface area contributed by atoms with E-state index in [9.17, 15) is 14.4 Å². The Balaban J connectivity index is 2.44. The lowest BCUT2D eigenvalue weighted by Gasteiger charge is -2.15. The predicted molar refractivity (Wildman–Crippen MR) is 101 cm³/mol. The van der Waals surface area contributed by atoms with Crippen LogP contribution in [-0.2, 0) is 9.47 Å². The number of ether oxygens (including phenoxy) is 4. The highest BCUT2D eigenvalue weighted by molar-refractivity contribution is 6.10. The van der Waals surface area contributed by atoms with Crippen molar-refractivity contribution in [1.82, 2.24) is 0 Å². The summed E-state index contributed by atoms with van der Waals surface area (Å²) >= 11 is 0. The number of para-hydroxylation sites is 1. The van der Waals surface area contributed by atoms with Gasteiger partial charge in [-0.2, -0.15) is 0 Å². The van der Waals surface area contributed by atoms with Crippen LogP contribution in [0.25, 0.3) is 0 Å². The molecule has 0 heterocycles. The van der Waals surface area contributed by atoms with Gasteiger partial charge in [0.1, 0.15) is 0 Å². The van der Waals surface area contributed by atoms with Crippen LogP contribution in [0.1, 0.15) is 38.0 Å². The minimum Gasteiger partial charge on any atom is -0.493 e. The van der Waals surface area contributed by atoms with E-state index in [-0.39, 0.29) is 28.1 Å². The van der Waals surface area contributed by atoms with Crippen molar-refractivity contribution in [2.45, 2.75) is 6.92 Å². The van der Waals surface area contributed by atoms with Gasteiger partial charge >= 0.3 is 11.9 Å². The lowest BCUT2D eigenvalue weighted by Crippen LogP contribution is -2.17. The Morgan fingerprint density at radius 2 is 1.64 bits per heavy atom. The van der Waals surface area contributed by atoms with Crippen LogP contribution in [0.15, 0.2) is 36.4 Å². The van der Waals surface area contributed by atoms with Gasteiger partial charge < -0.3 is 24.3 Å². The number of nitrogens with one attached hydrogen (secondary N) is 1. The van der Waals surface area contributed by atoms with Crippen LogP contribution in [0.5, 0.6) is 11.5 Å². The summed E-state index contributed by atoms with van der Waals surface area (Å²) < 4.78 is 20.2. The fourth-order valence-corrected chi connectivity index (χ4v) is 2.52. The Morgan fingerprint density at radius 1 is 0.929 bits per heavy atom. The van der Waals surface area contributed by atoms with E-state index >= 15 is 0 Å². The summed E-state index contributed by atoms with van der Waals surface area (Å²) in [6.45, 7) is 2.12. The maximum absolute atomic E-state index is 12.8. The summed E-state index contributed by atoms with van der Waals surface area (Å²) in [6.07, 6.45) is 0. The first-order valence-electron chi connectivity index (χ1n) is 8.38. The second-order valence-electron chi connectivity index (χ2n) is 5.47. The molecule has 0 fully saturated rings. The molecule has 2 aromatic carbocycles. The average molecular weight is 387 g/mol. The van der Waals surface area contributed by atoms with Crippen molar-refractivity contribution in [3.63, 3.8) is 0 Å². The molecule has 0 aromatic heterocycles. The molecule has 0 aliphatic rings. The van der Waals surface area contributed by atoms with Crippen LogP contribution >= 0.6 is 0 Å². The molecule has 0 aliphatic heterocycles. The van der Waals surface area contributed by atoms with Crippen molar-refractivity contribution in [3.05, 3.63) is 53.1 Å². The third-order valence-electron chi connectivity index (χ3n) is 3.83. The van der Waals surface area contributed by atoms with E-state index in [2.05, 4.69) is 10.1 Å². The summed E-state index contributed by atoms with van der Waals surface area (Å²) in [5, 5.41) is 2.65. The summed E-state index contributed by atoms with van der Waals surface area (Å²) in [5.74, 6) is -1.15. The summed E-state index contributed by atoms with van der Waals surface area (Å²) in [4.78, 5) is 36.7. The summed E-state index contributed by atoms with van der Waals surface area (Å²) in [6, 6.07) is 9.05. The lowest BCUT2D eigenvalue weighted by atomic mass is 10.1. The minimum atomic E-state index is -0.711. The van der Waals surface area contributed by atoms with E-state index < -0.39 is 17.8 Å². The fraction of sp³-hybridized carbons (Fsp3) is 0.250. The van der Waals surface area contributed by atoms with E-state index in [1.165, 1.54) is 39.5 Å². The predicted octanol–water partition coefficient (Wildman–Crippen LogP) is 2.92. The molecule has 2 rings (SSSR count). The zero-order chi connectivity index (χ0) is 20.7. The first-order chi connectivity index (χ1) is 13.5. The number of benzene rings is 2. The van der Waals surface area contributed by atoms with Crippen molar-refractivity contribution in [1.29, 1.82) is 0 Å². The number of anilines is 1. The maximum atomic E-state index is 12.8. The molecule has 0 atom stereocenters. The van der Waals surface area contributed by atoms with Gasteiger partial charge in [-0.1, -0.05) is 6.07 Å². The quantitative estimate of drug-likeness (QED) is 0.729. The number of carbonyl (C=O) groups excluding carboxylic acids is 3. The molecule has 0 unspecified atom stereocenters. The first kappa shape index (κ1) is 20.8. The van der Waals surface area contributed by atoms with Gasteiger partial charge in [-0.3, -0.25) is 4.79 Å². The standard InChI is InChI=1S/C20H21NO7/c1-5-28-17-13(7-6-8-16(17)25-2)18(22)21-15-10-9-12(19(23)26-3)11-14(15)20(24)27-4/h6-11H,5H2,1-4H3,(H,21,22). The van der Waals surface area contributed by atoms with Gasteiger partial charge in [0.25, 0.3) is 5.91 Å². The summed E-state index contributed by atoms with van der Waals surface area (Å²) in [7, 11) is 3.91. The third kappa shape index (κ3) is 4.40. The molecule has 1 amide bonds. The van der Waals surface area contributed by atoms with Crippen molar-refractivity contribution >= 4 is 23.5 Å². The smallest absolute Gasteiger partial charge is 0.340 e. The number of carbonyl (C=O) groups is 3. The first-order valence-corrected chi connectivity index (χ1v) is 8.38. The van der Waals surface area contributed by atoms with Gasteiger partial charge in [0.2, 0.25) is 0 Å². The number of methoxy groups -OCH3 is 3. The molecule has 1 N–H and O–H groups in total. The van der Waals surface area contributed by atoms with Gasteiger partial charge in [-0.05, 0) is 37.3 Å². The van der Waals surface area contributed by atoms with Crippen LogP contribution < -0.4 is 14.8 Å². The number of amides is 1. The van der Waals surface area contributed by atoms with Gasteiger partial charge in [0.15, 0.2) is 11.5 Å². The van der Waals surface area contributed by atoms with E-state index in [4.69, 9.17) is 14.2 Å². The molecular weight excluding hydrogens is 366 g/mol. The minimum absolute atomic E-state index is 0.0135. The van der Waals surface area contributed by atoms with Crippen LogP contribution in [0.4, 0.5) is 5.69 Å². The highest BCUT2D eigenvalue weighted by atomic mass is 16.5. The molecule has 0 saturated carbocycles. The molecule has 0 aliphatic carbocycles. The molecule has 28 heavy (non-hydrogen) atoms. The average Bonchev–Trinajstić information content (AvgIpc) is 2.73. The fourth-order valence-electron chi connectivity index (χ4n) is 2.52. The molecule has 0 spiro atoms. The highest BCUT2D eigenvalue weighted by Gasteiger charge is 2.21. The van der Waals surface area contributed by atoms with Crippen LogP contribution in [-0.4, -0.2) is 45.8 Å². The second-order valence-corrected chi connectivity index (χ2v) is 5.47. The maximum Gasteiger partial charge on any atom is 0.340 e. The molecule has 8 nitrogen and oxygen atoms in total. The summed E-state index contributed by atoms with van der Waals surface area (Å²) in [5.41, 5.74) is 0.570. The van der Waals surface area contributed by atoms with Gasteiger partial charge in [-0.15, -0.1) is 0 Å². The van der Waals surface area contributed by atoms with Crippen molar-refractivity contribution in [3.8, 4) is 11.5 Å². The topological polar surface area (TPSA) is 100 Å². The molecule has 0 radical (unpaired) electrons. The zero-order valence-electron chi connectivity index (χ0n) is 16.0. The number of hydrogen-bond donors (Lipinski definition) is 1. The largest absolute Gasteiger partial charge is 0.493 e. The Morgan fingerprint density at radius 3 is 2.25 bits per heavy atom. The Labute approximate surface area is 162 Å². The molecule has 148 valence electrons. The normalized spacial score (nSPS) is 10.0. The lowest BCUT2D eigenvalue weighted by molar-refractivity contribution is 0.0600. The number of rotatable bonds is 7. The molecule has 8 heteroatoms. The number of esters is 2. The Kier molecular flexibility index (Phi) is 6.97. The second kappa shape index (κ2) is 9.40. The van der Waals surface area contributed by atoms with Crippen LogP contribution in [0, 0.1) is 0 Å². The highest BCUT2D eigenvalue weighted by Crippen LogP contribution is 2.32. The van der Waals surface area contributed by atoms with Gasteiger partial charge in [0.05, 0.1) is 50.3 Å². The van der Waals surface area contributed by atoms with Crippen LogP contribution in [0.3, 0.4) is 0 Å². The zero-order valence-corrected chi connectivity index (χ0v) is 16.0. The monoisotopic (exact) mass is 387 g/mol. The van der Waals surface area contributed by atoms with E-state index in [0.29, 0.717) is 12.4 Å². The van der Waals surface area contributed by atoms with E-state index in [1.54, 1.807) is 25.1 Å². The Hall–Kier alpha value is -3.55. The third-order valence-corrected chi connectivity index (χ3v) is 3.83. The van der Waals surface area contributed by atoms with E-state index in [1.807, 2.05) is 0 Å². The molecule has 0 saturated heterocycles. The van der Waals surface area contributed by atoms with Crippen molar-refractivity contribution in [2.75, 3.05) is 33.3 Å². The van der Waals surface area contributed by atoms with E-state index in [0.717, 1.165) is 0 Å². The molecular formula is C20H21NO7.